The van der Waals surface area contributed by atoms with Crippen LogP contribution in [-0.2, 0) is 19.6 Å². The van der Waals surface area contributed by atoms with Crippen LogP contribution >= 0.6 is 0 Å². The zero-order valence-electron chi connectivity index (χ0n) is 13.0. The Balaban J connectivity index is 2.54. The van der Waals surface area contributed by atoms with E-state index in [0.717, 1.165) is 24.8 Å². The van der Waals surface area contributed by atoms with Gasteiger partial charge in [0.2, 0.25) is 0 Å². The van der Waals surface area contributed by atoms with Crippen LogP contribution in [-0.4, -0.2) is 28.0 Å². The molecule has 0 aliphatic rings. The lowest BCUT2D eigenvalue weighted by Crippen LogP contribution is -2.36. The lowest BCUT2D eigenvalue weighted by Gasteiger charge is -2.23. The molecule has 8 heteroatoms. The van der Waals surface area contributed by atoms with E-state index in [0.29, 0.717) is 10.4 Å². The van der Waals surface area contributed by atoms with Crippen molar-refractivity contribution in [3.63, 3.8) is 0 Å². The molecule has 0 saturated carbocycles. The molecule has 0 aliphatic carbocycles. The number of nitrogens with zero attached hydrogens (tertiary/aromatic N) is 1. The fraction of sp³-hybridized carbons (Fsp3) is 0.188. The first-order valence-electron chi connectivity index (χ1n) is 6.87. The minimum absolute atomic E-state index is 0.0817. The highest BCUT2D eigenvalue weighted by Gasteiger charge is 2.28. The van der Waals surface area contributed by atoms with Crippen LogP contribution in [0.2, 0.25) is 0 Å². The number of ether oxygens (including phenoxy) is 1. The number of hydrogen-bond donors (Lipinski definition) is 0. The number of hydrogen-bond acceptors (Lipinski definition) is 4. The third-order valence-electron chi connectivity index (χ3n) is 3.30. The summed E-state index contributed by atoms with van der Waals surface area (Å²) in [6.07, 6.45) is 0. The Bertz CT molecular complexity index is 851. The van der Waals surface area contributed by atoms with E-state index >= 15 is 0 Å². The van der Waals surface area contributed by atoms with Crippen molar-refractivity contribution in [2.45, 2.75) is 11.8 Å². The number of carbonyl (C=O) groups is 1. The van der Waals surface area contributed by atoms with Gasteiger partial charge in [0, 0.05) is 6.07 Å². The van der Waals surface area contributed by atoms with Crippen LogP contribution in [0.15, 0.2) is 47.4 Å². The monoisotopic (exact) mass is 355 g/mol. The van der Waals surface area contributed by atoms with Gasteiger partial charge in [0.05, 0.1) is 17.7 Å². The second-order valence-electron chi connectivity index (χ2n) is 5.00. The molecule has 5 nitrogen and oxygen atoms in total. The van der Waals surface area contributed by atoms with Gasteiger partial charge in [0.15, 0.2) is 11.6 Å². The molecule has 0 aromatic heterocycles. The van der Waals surface area contributed by atoms with Gasteiger partial charge in [-0.25, -0.2) is 17.2 Å². The Hall–Kier alpha value is -2.48. The van der Waals surface area contributed by atoms with E-state index in [1.165, 1.54) is 12.1 Å². The van der Waals surface area contributed by atoms with E-state index in [1.807, 2.05) is 0 Å². The Morgan fingerprint density at radius 1 is 1.08 bits per heavy atom. The standard InChI is InChI=1S/C16H15F2NO4S/c1-11-3-6-13(7-4-11)24(21,22)19(10-16(20)23-2)12-5-8-14(17)15(18)9-12/h3-9H,10H2,1-2H3. The predicted molar refractivity (Wildman–Crippen MR) is 84.1 cm³/mol. The smallest absolute Gasteiger partial charge is 0.326 e. The second kappa shape index (κ2) is 6.96. The molecule has 0 N–H and O–H groups in total. The summed E-state index contributed by atoms with van der Waals surface area (Å²) in [6.45, 7) is 1.12. The zero-order valence-corrected chi connectivity index (χ0v) is 13.8. The van der Waals surface area contributed by atoms with Crippen molar-refractivity contribution in [3.8, 4) is 0 Å². The quantitative estimate of drug-likeness (QED) is 0.774. The van der Waals surface area contributed by atoms with Gasteiger partial charge < -0.3 is 4.74 Å². The molecule has 2 rings (SSSR count). The Morgan fingerprint density at radius 3 is 2.25 bits per heavy atom. The third-order valence-corrected chi connectivity index (χ3v) is 5.09. The highest BCUT2D eigenvalue weighted by atomic mass is 32.2. The summed E-state index contributed by atoms with van der Waals surface area (Å²) in [5.41, 5.74) is 0.668. The lowest BCUT2D eigenvalue weighted by molar-refractivity contribution is -0.138. The molecule has 0 amide bonds. The molecule has 24 heavy (non-hydrogen) atoms. The number of esters is 1. The van der Waals surface area contributed by atoms with Crippen LogP contribution < -0.4 is 4.31 Å². The van der Waals surface area contributed by atoms with Gasteiger partial charge in [-0.2, -0.15) is 0 Å². The van der Waals surface area contributed by atoms with Gasteiger partial charge in [-0.1, -0.05) is 17.7 Å². The third kappa shape index (κ3) is 3.70. The highest BCUT2D eigenvalue weighted by Crippen LogP contribution is 2.25. The Labute approximate surface area is 138 Å². The number of anilines is 1. The normalized spacial score (nSPS) is 11.2. The number of halogens is 2. The molecular weight excluding hydrogens is 340 g/mol. The number of sulfonamides is 1. The summed E-state index contributed by atoms with van der Waals surface area (Å²) in [5.74, 6) is -3.18. The fourth-order valence-corrected chi connectivity index (χ4v) is 3.38. The predicted octanol–water partition coefficient (Wildman–Crippen LogP) is 2.64. The van der Waals surface area contributed by atoms with Crippen LogP contribution in [0.25, 0.3) is 0 Å². The maximum atomic E-state index is 13.5. The minimum atomic E-state index is -4.16. The summed E-state index contributed by atoms with van der Waals surface area (Å²) < 4.78 is 57.4. The molecule has 128 valence electrons. The first-order valence-corrected chi connectivity index (χ1v) is 8.31. The van der Waals surface area contributed by atoms with Crippen molar-refractivity contribution in [1.82, 2.24) is 0 Å². The molecule has 0 heterocycles. The summed E-state index contributed by atoms with van der Waals surface area (Å²) in [7, 11) is -3.06. The fourth-order valence-electron chi connectivity index (χ4n) is 1.97. The molecule has 2 aromatic rings. The average molecular weight is 355 g/mol. The maximum absolute atomic E-state index is 13.5. The van der Waals surface area contributed by atoms with Crippen LogP contribution in [0.4, 0.5) is 14.5 Å². The van der Waals surface area contributed by atoms with Gasteiger partial charge in [0.25, 0.3) is 10.0 Å². The first kappa shape index (κ1) is 17.9. The van der Waals surface area contributed by atoms with Crippen LogP contribution in [0, 0.1) is 18.6 Å². The van der Waals surface area contributed by atoms with E-state index in [2.05, 4.69) is 4.74 Å². The molecule has 0 radical (unpaired) electrons. The minimum Gasteiger partial charge on any atom is -0.468 e. The molecule has 0 saturated heterocycles. The molecule has 0 bridgehead atoms. The van der Waals surface area contributed by atoms with Crippen LogP contribution in [0.1, 0.15) is 5.56 Å². The number of carbonyl (C=O) groups excluding carboxylic acids is 1. The molecule has 0 aliphatic heterocycles. The van der Waals surface area contributed by atoms with Crippen molar-refractivity contribution in [3.05, 3.63) is 59.7 Å². The topological polar surface area (TPSA) is 63.7 Å². The van der Waals surface area contributed by atoms with Crippen molar-refractivity contribution < 1.29 is 26.7 Å². The highest BCUT2D eigenvalue weighted by molar-refractivity contribution is 7.92. The van der Waals surface area contributed by atoms with Gasteiger partial charge in [-0.05, 0) is 31.2 Å². The molecule has 2 aromatic carbocycles. The Morgan fingerprint density at radius 2 is 1.71 bits per heavy atom. The van der Waals surface area contributed by atoms with E-state index in [9.17, 15) is 22.0 Å². The van der Waals surface area contributed by atoms with Gasteiger partial charge in [-0.3, -0.25) is 9.10 Å². The van der Waals surface area contributed by atoms with E-state index in [4.69, 9.17) is 0 Å². The van der Waals surface area contributed by atoms with Crippen molar-refractivity contribution in [1.29, 1.82) is 0 Å². The van der Waals surface area contributed by atoms with Crippen molar-refractivity contribution in [2.24, 2.45) is 0 Å². The molecular formula is C16H15F2NO4S. The first-order chi connectivity index (χ1) is 11.3. The van der Waals surface area contributed by atoms with Crippen molar-refractivity contribution in [2.75, 3.05) is 18.0 Å². The number of methoxy groups -OCH3 is 1. The SMILES string of the molecule is COC(=O)CN(c1ccc(F)c(F)c1)S(=O)(=O)c1ccc(C)cc1. The Kier molecular flexibility index (Phi) is 5.18. The van der Waals surface area contributed by atoms with Crippen molar-refractivity contribution >= 4 is 21.7 Å². The van der Waals surface area contributed by atoms with E-state index in [-0.39, 0.29) is 10.6 Å². The summed E-state index contributed by atoms with van der Waals surface area (Å²) in [4.78, 5) is 11.5. The summed E-state index contributed by atoms with van der Waals surface area (Å²) >= 11 is 0. The van der Waals surface area contributed by atoms with Crippen LogP contribution in [0.5, 0.6) is 0 Å². The largest absolute Gasteiger partial charge is 0.468 e. The van der Waals surface area contributed by atoms with E-state index < -0.39 is 34.2 Å². The number of rotatable bonds is 5. The lowest BCUT2D eigenvalue weighted by atomic mass is 10.2. The molecule has 0 atom stereocenters. The molecule has 0 spiro atoms. The average Bonchev–Trinajstić information content (AvgIpc) is 2.55. The summed E-state index contributed by atoms with van der Waals surface area (Å²) in [5, 5.41) is 0. The maximum Gasteiger partial charge on any atom is 0.326 e. The summed E-state index contributed by atoms with van der Waals surface area (Å²) in [6, 6.07) is 8.50. The van der Waals surface area contributed by atoms with Gasteiger partial charge in [0.1, 0.15) is 6.54 Å². The molecule has 0 fully saturated rings. The van der Waals surface area contributed by atoms with Gasteiger partial charge >= 0.3 is 5.97 Å². The second-order valence-corrected chi connectivity index (χ2v) is 6.86. The zero-order chi connectivity index (χ0) is 17.9. The van der Waals surface area contributed by atoms with Crippen LogP contribution in [0.3, 0.4) is 0 Å². The number of aryl methyl sites for hydroxylation is 1. The number of benzene rings is 2. The van der Waals surface area contributed by atoms with Gasteiger partial charge in [-0.15, -0.1) is 0 Å². The molecule has 0 unspecified atom stereocenters. The van der Waals surface area contributed by atoms with E-state index in [1.54, 1.807) is 19.1 Å².